The van der Waals surface area contributed by atoms with Crippen LogP contribution >= 0.6 is 11.3 Å². The second-order valence-electron chi connectivity index (χ2n) is 4.55. The van der Waals surface area contributed by atoms with Gasteiger partial charge in [-0.1, -0.05) is 25.7 Å². The maximum atomic E-state index is 11.8. The van der Waals surface area contributed by atoms with Gasteiger partial charge in [-0.2, -0.15) is 0 Å². The Kier molecular flexibility index (Phi) is 6.77. The van der Waals surface area contributed by atoms with E-state index >= 15 is 0 Å². The van der Waals surface area contributed by atoms with E-state index in [-0.39, 0.29) is 24.9 Å². The van der Waals surface area contributed by atoms with Gasteiger partial charge in [0.2, 0.25) is 5.91 Å². The van der Waals surface area contributed by atoms with Gasteiger partial charge in [-0.15, -0.1) is 11.3 Å². The maximum absolute atomic E-state index is 11.8. The Morgan fingerprint density at radius 3 is 2.75 bits per heavy atom. The van der Waals surface area contributed by atoms with Gasteiger partial charge in [-0.25, -0.2) is 0 Å². The average Bonchev–Trinajstić information content (AvgIpc) is 2.89. The Morgan fingerprint density at radius 2 is 2.10 bits per heavy atom. The molecular weight excluding hydrogens is 274 g/mol. The highest BCUT2D eigenvalue weighted by Crippen LogP contribution is 2.14. The summed E-state index contributed by atoms with van der Waals surface area (Å²) in [4.78, 5) is 24.6. The molecule has 0 aliphatic heterocycles. The number of thiophene rings is 1. The summed E-state index contributed by atoms with van der Waals surface area (Å²) in [5, 5.41) is 5.31. The van der Waals surface area contributed by atoms with E-state index in [9.17, 15) is 9.59 Å². The summed E-state index contributed by atoms with van der Waals surface area (Å²) in [6.07, 6.45) is 0. The highest BCUT2D eigenvalue weighted by Gasteiger charge is 2.10. The topological polar surface area (TPSA) is 84.2 Å². The molecule has 0 radical (unpaired) electrons. The van der Waals surface area contributed by atoms with Crippen LogP contribution in [0.15, 0.2) is 12.1 Å². The fourth-order valence-corrected chi connectivity index (χ4v) is 2.09. The van der Waals surface area contributed by atoms with Crippen molar-refractivity contribution >= 4 is 23.2 Å². The standard InChI is InChI=1S/C14H19N3O2S/c1-10(2)8-16-13(18)9-17-14(19)12-6-5-11(20-12)4-3-7-15/h5-6,10H,7-9,15H2,1-2H3,(H,16,18)(H,17,19). The number of amides is 2. The summed E-state index contributed by atoms with van der Waals surface area (Å²) in [5.41, 5.74) is 5.28. The molecule has 0 atom stereocenters. The number of carbonyl (C=O) groups is 2. The minimum absolute atomic E-state index is 0.0206. The molecule has 108 valence electrons. The first-order chi connectivity index (χ1) is 9.52. The summed E-state index contributed by atoms with van der Waals surface area (Å²) in [5.74, 6) is 5.52. The van der Waals surface area contributed by atoms with Crippen LogP contribution in [0.25, 0.3) is 0 Å². The number of carbonyl (C=O) groups excluding carboxylic acids is 2. The van der Waals surface area contributed by atoms with Crippen molar-refractivity contribution in [2.24, 2.45) is 11.7 Å². The summed E-state index contributed by atoms with van der Waals surface area (Å²) in [7, 11) is 0. The molecule has 2 amide bonds. The summed E-state index contributed by atoms with van der Waals surface area (Å²) < 4.78 is 0. The summed E-state index contributed by atoms with van der Waals surface area (Å²) >= 11 is 1.28. The molecule has 0 fully saturated rings. The van der Waals surface area contributed by atoms with Crippen LogP contribution in [-0.4, -0.2) is 31.4 Å². The van der Waals surface area contributed by atoms with Crippen molar-refractivity contribution < 1.29 is 9.59 Å². The Balaban J connectivity index is 2.43. The number of hydrogen-bond donors (Lipinski definition) is 3. The lowest BCUT2D eigenvalue weighted by Crippen LogP contribution is -2.38. The van der Waals surface area contributed by atoms with Gasteiger partial charge < -0.3 is 16.4 Å². The lowest BCUT2D eigenvalue weighted by Gasteiger charge is -2.07. The first kappa shape index (κ1) is 16.2. The smallest absolute Gasteiger partial charge is 0.261 e. The molecule has 0 bridgehead atoms. The van der Waals surface area contributed by atoms with Crippen LogP contribution in [-0.2, 0) is 4.79 Å². The Labute approximate surface area is 122 Å². The van der Waals surface area contributed by atoms with E-state index in [1.54, 1.807) is 12.1 Å². The van der Waals surface area contributed by atoms with E-state index in [2.05, 4.69) is 22.5 Å². The SMILES string of the molecule is CC(C)CNC(=O)CNC(=O)c1ccc(C#CCN)s1. The first-order valence-electron chi connectivity index (χ1n) is 6.36. The zero-order chi connectivity index (χ0) is 15.0. The van der Waals surface area contributed by atoms with Crippen molar-refractivity contribution in [1.82, 2.24) is 10.6 Å². The molecule has 5 nitrogen and oxygen atoms in total. The molecule has 1 aromatic heterocycles. The lowest BCUT2D eigenvalue weighted by atomic mass is 10.2. The average molecular weight is 293 g/mol. The predicted molar refractivity (Wildman–Crippen MR) is 80.4 cm³/mol. The molecule has 0 aliphatic carbocycles. The van der Waals surface area contributed by atoms with Crippen molar-refractivity contribution in [1.29, 1.82) is 0 Å². The molecule has 0 saturated heterocycles. The van der Waals surface area contributed by atoms with Crippen LogP contribution in [0.4, 0.5) is 0 Å². The molecule has 1 aromatic rings. The molecule has 0 aliphatic rings. The summed E-state index contributed by atoms with van der Waals surface area (Å²) in [6.45, 7) is 4.89. The van der Waals surface area contributed by atoms with E-state index in [1.807, 2.05) is 13.8 Å². The van der Waals surface area contributed by atoms with Gasteiger partial charge in [-0.3, -0.25) is 9.59 Å². The van der Waals surface area contributed by atoms with Crippen LogP contribution in [0.1, 0.15) is 28.4 Å². The predicted octanol–water partition coefficient (Wildman–Crippen LogP) is 0.560. The fourth-order valence-electron chi connectivity index (χ4n) is 1.29. The Bertz CT molecular complexity index is 526. The van der Waals surface area contributed by atoms with Crippen molar-refractivity contribution in [2.45, 2.75) is 13.8 Å². The number of rotatable bonds is 5. The number of hydrogen-bond acceptors (Lipinski definition) is 4. The minimum atomic E-state index is -0.268. The monoisotopic (exact) mass is 293 g/mol. The Hall–Kier alpha value is -1.84. The third kappa shape index (κ3) is 5.87. The highest BCUT2D eigenvalue weighted by molar-refractivity contribution is 7.14. The van der Waals surface area contributed by atoms with Crippen LogP contribution in [0.3, 0.4) is 0 Å². The Morgan fingerprint density at radius 1 is 1.35 bits per heavy atom. The lowest BCUT2D eigenvalue weighted by molar-refractivity contribution is -0.120. The zero-order valence-electron chi connectivity index (χ0n) is 11.7. The van der Waals surface area contributed by atoms with Crippen LogP contribution in [0.2, 0.25) is 0 Å². The normalized spacial score (nSPS) is 9.80. The zero-order valence-corrected chi connectivity index (χ0v) is 12.5. The van der Waals surface area contributed by atoms with Gasteiger partial charge in [0.05, 0.1) is 22.8 Å². The molecule has 1 rings (SSSR count). The van der Waals surface area contributed by atoms with E-state index in [0.717, 1.165) is 4.88 Å². The van der Waals surface area contributed by atoms with Crippen molar-refractivity contribution in [3.8, 4) is 11.8 Å². The van der Waals surface area contributed by atoms with Crippen molar-refractivity contribution in [3.63, 3.8) is 0 Å². The molecule has 0 spiro atoms. The summed E-state index contributed by atoms with van der Waals surface area (Å²) in [6, 6.07) is 3.45. The van der Waals surface area contributed by atoms with Crippen LogP contribution < -0.4 is 16.4 Å². The second-order valence-corrected chi connectivity index (χ2v) is 5.63. The first-order valence-corrected chi connectivity index (χ1v) is 7.18. The molecule has 6 heteroatoms. The highest BCUT2D eigenvalue weighted by atomic mass is 32.1. The molecule has 1 heterocycles. The quantitative estimate of drug-likeness (QED) is 0.694. The van der Waals surface area contributed by atoms with E-state index in [4.69, 9.17) is 5.73 Å². The van der Waals surface area contributed by atoms with E-state index in [1.165, 1.54) is 11.3 Å². The van der Waals surface area contributed by atoms with Gasteiger partial charge >= 0.3 is 0 Å². The third-order valence-corrected chi connectivity index (χ3v) is 3.26. The maximum Gasteiger partial charge on any atom is 0.261 e. The second kappa shape index (κ2) is 8.35. The molecule has 20 heavy (non-hydrogen) atoms. The van der Waals surface area contributed by atoms with Gasteiger partial charge in [-0.05, 0) is 18.1 Å². The van der Waals surface area contributed by atoms with E-state index in [0.29, 0.717) is 17.3 Å². The van der Waals surface area contributed by atoms with Crippen molar-refractivity contribution in [2.75, 3.05) is 19.6 Å². The van der Waals surface area contributed by atoms with Crippen LogP contribution in [0, 0.1) is 17.8 Å². The van der Waals surface area contributed by atoms with Crippen molar-refractivity contribution in [3.05, 3.63) is 21.9 Å². The fraction of sp³-hybridized carbons (Fsp3) is 0.429. The van der Waals surface area contributed by atoms with Gasteiger partial charge in [0.1, 0.15) is 0 Å². The van der Waals surface area contributed by atoms with Gasteiger partial charge in [0, 0.05) is 6.54 Å². The minimum Gasteiger partial charge on any atom is -0.354 e. The van der Waals surface area contributed by atoms with Gasteiger partial charge in [0.15, 0.2) is 0 Å². The molecule has 0 unspecified atom stereocenters. The number of nitrogens with one attached hydrogen (secondary N) is 2. The third-order valence-electron chi connectivity index (χ3n) is 2.26. The molecule has 0 aromatic carbocycles. The number of nitrogens with two attached hydrogens (primary N) is 1. The molecule has 0 saturated carbocycles. The van der Waals surface area contributed by atoms with E-state index < -0.39 is 0 Å². The van der Waals surface area contributed by atoms with Crippen LogP contribution in [0.5, 0.6) is 0 Å². The largest absolute Gasteiger partial charge is 0.354 e. The van der Waals surface area contributed by atoms with Gasteiger partial charge in [0.25, 0.3) is 5.91 Å². The molecular formula is C14H19N3O2S. The molecule has 4 N–H and O–H groups in total.